The number of aryl methyl sites for hydroxylation is 1. The van der Waals surface area contributed by atoms with Crippen LogP contribution in [0.25, 0.3) is 11.1 Å². The van der Waals surface area contributed by atoms with Crippen molar-refractivity contribution in [2.24, 2.45) is 0 Å². The second kappa shape index (κ2) is 5.45. The van der Waals surface area contributed by atoms with Crippen LogP contribution in [0.1, 0.15) is 25.8 Å². The van der Waals surface area contributed by atoms with E-state index in [9.17, 15) is 0 Å². The monoisotopic (exact) mass is 260 g/mol. The van der Waals surface area contributed by atoms with E-state index in [-0.39, 0.29) is 5.60 Å². The van der Waals surface area contributed by atoms with Gasteiger partial charge in [0.25, 0.3) is 0 Å². The van der Waals surface area contributed by atoms with Crippen LogP contribution in [-0.4, -0.2) is 17.9 Å². The van der Waals surface area contributed by atoms with Gasteiger partial charge >= 0.3 is 0 Å². The number of hydrogen-bond donors (Lipinski definition) is 1. The Balaban J connectivity index is 2.05. The van der Waals surface area contributed by atoms with Gasteiger partial charge in [0.15, 0.2) is 0 Å². The van der Waals surface area contributed by atoms with Crippen LogP contribution in [0.3, 0.4) is 0 Å². The van der Waals surface area contributed by atoms with Crippen molar-refractivity contribution < 1.29 is 9.26 Å². The van der Waals surface area contributed by atoms with Gasteiger partial charge in [-0.05, 0) is 37.8 Å². The van der Waals surface area contributed by atoms with Gasteiger partial charge in [0.2, 0.25) is 5.88 Å². The van der Waals surface area contributed by atoms with Crippen LogP contribution in [0.5, 0.6) is 0 Å². The van der Waals surface area contributed by atoms with Gasteiger partial charge in [-0.3, -0.25) is 0 Å². The molecule has 2 N–H and O–H groups in total. The topological polar surface area (TPSA) is 61.3 Å². The van der Waals surface area contributed by atoms with E-state index in [1.54, 1.807) is 13.3 Å². The molecule has 0 bridgehead atoms. The number of nitrogens with zero attached hydrogens (tertiary/aromatic N) is 1. The molecule has 0 unspecified atom stereocenters. The van der Waals surface area contributed by atoms with Crippen molar-refractivity contribution in [2.75, 3.05) is 12.8 Å². The Kier molecular flexibility index (Phi) is 3.90. The lowest BCUT2D eigenvalue weighted by Crippen LogP contribution is -2.22. The Morgan fingerprint density at radius 3 is 2.47 bits per heavy atom. The summed E-state index contributed by atoms with van der Waals surface area (Å²) >= 11 is 0. The molecule has 1 aromatic heterocycles. The fraction of sp³-hybridized carbons (Fsp3) is 0.400. The third-order valence-corrected chi connectivity index (χ3v) is 3.43. The quantitative estimate of drug-likeness (QED) is 0.896. The number of rotatable bonds is 5. The molecular weight excluding hydrogens is 240 g/mol. The summed E-state index contributed by atoms with van der Waals surface area (Å²) in [6.45, 7) is 4.19. The summed E-state index contributed by atoms with van der Waals surface area (Å²) in [6.07, 6.45) is 3.61. The van der Waals surface area contributed by atoms with Crippen molar-refractivity contribution in [1.82, 2.24) is 5.16 Å². The van der Waals surface area contributed by atoms with E-state index in [0.29, 0.717) is 5.88 Å². The maximum atomic E-state index is 5.70. The number of ether oxygens (including phenoxy) is 1. The highest BCUT2D eigenvalue weighted by Gasteiger charge is 2.15. The number of anilines is 1. The summed E-state index contributed by atoms with van der Waals surface area (Å²) in [5, 5.41) is 3.68. The van der Waals surface area contributed by atoms with Crippen LogP contribution in [0.2, 0.25) is 0 Å². The number of nitrogen functional groups attached to an aromatic ring is 1. The minimum Gasteiger partial charge on any atom is -0.379 e. The largest absolute Gasteiger partial charge is 0.379 e. The Morgan fingerprint density at radius 2 is 1.95 bits per heavy atom. The number of nitrogens with two attached hydrogens (primary N) is 1. The lowest BCUT2D eigenvalue weighted by Gasteiger charge is -2.22. The standard InChI is InChI=1S/C15H20N2O2/c1-15(2,18-3)9-8-11-4-6-12(7-5-11)13-10-17-19-14(13)16/h4-7,10H,8-9,16H2,1-3H3. The van der Waals surface area contributed by atoms with Gasteiger partial charge < -0.3 is 15.0 Å². The fourth-order valence-corrected chi connectivity index (χ4v) is 1.86. The summed E-state index contributed by atoms with van der Waals surface area (Å²) in [7, 11) is 1.75. The van der Waals surface area contributed by atoms with Crippen LogP contribution in [0.4, 0.5) is 5.88 Å². The summed E-state index contributed by atoms with van der Waals surface area (Å²) in [6, 6.07) is 8.29. The summed E-state index contributed by atoms with van der Waals surface area (Å²) < 4.78 is 10.3. The van der Waals surface area contributed by atoms with Crippen LogP contribution in [0, 0.1) is 0 Å². The fourth-order valence-electron chi connectivity index (χ4n) is 1.86. The third kappa shape index (κ3) is 3.35. The molecule has 4 heteroatoms. The minimum absolute atomic E-state index is 0.0857. The van der Waals surface area contributed by atoms with Crippen LogP contribution in [0.15, 0.2) is 35.0 Å². The average Bonchev–Trinajstić information content (AvgIpc) is 2.83. The molecule has 0 radical (unpaired) electrons. The van der Waals surface area contributed by atoms with E-state index in [1.165, 1.54) is 5.56 Å². The lowest BCUT2D eigenvalue weighted by atomic mass is 9.97. The zero-order chi connectivity index (χ0) is 13.9. The molecule has 0 aliphatic rings. The normalized spacial score (nSPS) is 11.7. The number of methoxy groups -OCH3 is 1. The Labute approximate surface area is 113 Å². The molecule has 0 amide bonds. The highest BCUT2D eigenvalue weighted by molar-refractivity contribution is 5.71. The van der Waals surface area contributed by atoms with Gasteiger partial charge in [0.1, 0.15) is 0 Å². The van der Waals surface area contributed by atoms with E-state index in [2.05, 4.69) is 31.1 Å². The molecule has 2 rings (SSSR count). The van der Waals surface area contributed by atoms with Crippen molar-refractivity contribution in [3.8, 4) is 11.1 Å². The molecule has 19 heavy (non-hydrogen) atoms. The molecule has 102 valence electrons. The van der Waals surface area contributed by atoms with Gasteiger partial charge in [-0.15, -0.1) is 0 Å². The zero-order valence-electron chi connectivity index (χ0n) is 11.6. The SMILES string of the molecule is COC(C)(C)CCc1ccc(-c2cnoc2N)cc1. The summed E-state index contributed by atoms with van der Waals surface area (Å²) in [5.41, 5.74) is 8.75. The first-order valence-electron chi connectivity index (χ1n) is 6.36. The lowest BCUT2D eigenvalue weighted by molar-refractivity contribution is 0.0158. The highest BCUT2D eigenvalue weighted by Crippen LogP contribution is 2.26. The molecule has 2 aromatic rings. The van der Waals surface area contributed by atoms with Crippen LogP contribution in [-0.2, 0) is 11.2 Å². The maximum Gasteiger partial charge on any atom is 0.229 e. The summed E-state index contributed by atoms with van der Waals surface area (Å²) in [4.78, 5) is 0. The molecule has 0 spiro atoms. The molecule has 0 aliphatic carbocycles. The number of aromatic nitrogens is 1. The Morgan fingerprint density at radius 1 is 1.26 bits per heavy atom. The predicted molar refractivity (Wildman–Crippen MR) is 75.8 cm³/mol. The number of benzene rings is 1. The highest BCUT2D eigenvalue weighted by atomic mass is 16.5. The molecule has 0 fully saturated rings. The van der Waals surface area contributed by atoms with E-state index >= 15 is 0 Å². The van der Waals surface area contributed by atoms with Crippen LogP contribution < -0.4 is 5.73 Å². The minimum atomic E-state index is -0.0857. The zero-order valence-corrected chi connectivity index (χ0v) is 11.6. The van der Waals surface area contributed by atoms with Crippen molar-refractivity contribution in [2.45, 2.75) is 32.3 Å². The van der Waals surface area contributed by atoms with E-state index in [1.807, 2.05) is 12.1 Å². The second-order valence-corrected chi connectivity index (χ2v) is 5.26. The third-order valence-electron chi connectivity index (χ3n) is 3.43. The second-order valence-electron chi connectivity index (χ2n) is 5.26. The van der Waals surface area contributed by atoms with E-state index in [0.717, 1.165) is 24.0 Å². The molecule has 4 nitrogen and oxygen atoms in total. The van der Waals surface area contributed by atoms with Gasteiger partial charge in [0.05, 0.1) is 17.4 Å². The predicted octanol–water partition coefficient (Wildman–Crippen LogP) is 3.28. The van der Waals surface area contributed by atoms with Crippen molar-refractivity contribution in [3.05, 3.63) is 36.0 Å². The smallest absolute Gasteiger partial charge is 0.229 e. The summed E-state index contributed by atoms with van der Waals surface area (Å²) in [5.74, 6) is 0.355. The first kappa shape index (κ1) is 13.6. The van der Waals surface area contributed by atoms with Crippen molar-refractivity contribution in [3.63, 3.8) is 0 Å². The van der Waals surface area contributed by atoms with Crippen molar-refractivity contribution >= 4 is 5.88 Å². The average molecular weight is 260 g/mol. The Bertz CT molecular complexity index is 529. The van der Waals surface area contributed by atoms with Gasteiger partial charge in [-0.1, -0.05) is 29.4 Å². The van der Waals surface area contributed by atoms with Crippen molar-refractivity contribution in [1.29, 1.82) is 0 Å². The van der Waals surface area contributed by atoms with Crippen LogP contribution >= 0.6 is 0 Å². The molecule has 0 saturated heterocycles. The molecule has 0 saturated carbocycles. The molecule has 1 heterocycles. The van der Waals surface area contributed by atoms with Gasteiger partial charge in [-0.25, -0.2) is 0 Å². The molecule has 1 aromatic carbocycles. The molecular formula is C15H20N2O2. The molecule has 0 atom stereocenters. The number of hydrogen-bond acceptors (Lipinski definition) is 4. The molecule has 0 aliphatic heterocycles. The first-order valence-corrected chi connectivity index (χ1v) is 6.36. The van der Waals surface area contributed by atoms with Gasteiger partial charge in [0, 0.05) is 7.11 Å². The van der Waals surface area contributed by atoms with Gasteiger partial charge in [-0.2, -0.15) is 0 Å². The Hall–Kier alpha value is -1.81. The first-order chi connectivity index (χ1) is 9.02. The van der Waals surface area contributed by atoms with E-state index in [4.69, 9.17) is 15.0 Å². The van der Waals surface area contributed by atoms with E-state index < -0.39 is 0 Å². The maximum absolute atomic E-state index is 5.70.